The highest BCUT2D eigenvalue weighted by Crippen LogP contribution is 2.25. The molecule has 7 heteroatoms. The Kier molecular flexibility index (Phi) is 5.52. The van der Waals surface area contributed by atoms with Crippen molar-refractivity contribution in [2.45, 2.75) is 13.5 Å². The van der Waals surface area contributed by atoms with E-state index in [4.69, 9.17) is 0 Å². The normalized spacial score (nSPS) is 11.4. The van der Waals surface area contributed by atoms with Crippen molar-refractivity contribution in [3.63, 3.8) is 0 Å². The van der Waals surface area contributed by atoms with Crippen LogP contribution in [0.25, 0.3) is 10.9 Å². The van der Waals surface area contributed by atoms with Crippen molar-refractivity contribution < 1.29 is 13.2 Å². The predicted molar refractivity (Wildman–Crippen MR) is 125 cm³/mol. The first-order chi connectivity index (χ1) is 14.8. The molecule has 0 aliphatic carbocycles. The molecule has 0 radical (unpaired) electrons. The van der Waals surface area contributed by atoms with Crippen molar-refractivity contribution in [2.24, 2.45) is 0 Å². The van der Waals surface area contributed by atoms with Crippen LogP contribution in [0.4, 0.5) is 11.4 Å². The Balaban J connectivity index is 1.68. The van der Waals surface area contributed by atoms with Crippen LogP contribution in [0.2, 0.25) is 0 Å². The molecular formula is C24H23N3O3S. The largest absolute Gasteiger partial charge is 0.332 e. The van der Waals surface area contributed by atoms with E-state index in [1.54, 1.807) is 25.1 Å². The molecule has 0 spiro atoms. The SMILES string of the molecule is Cc1ccc(NC(=O)c2cc3ccccc3n2Cc2ccccc2)cc1NS(C)(=O)=O. The lowest BCUT2D eigenvalue weighted by atomic mass is 10.2. The molecule has 2 N–H and O–H groups in total. The number of aromatic nitrogens is 1. The van der Waals surface area contributed by atoms with Crippen LogP contribution in [0.15, 0.2) is 78.9 Å². The first-order valence-electron chi connectivity index (χ1n) is 9.82. The molecule has 0 aliphatic rings. The minimum atomic E-state index is -3.42. The van der Waals surface area contributed by atoms with Gasteiger partial charge in [0.05, 0.1) is 11.9 Å². The van der Waals surface area contributed by atoms with Crippen molar-refractivity contribution in [3.05, 3.63) is 95.7 Å². The number of sulfonamides is 1. The average Bonchev–Trinajstić information content (AvgIpc) is 3.09. The fourth-order valence-corrected chi connectivity index (χ4v) is 4.16. The van der Waals surface area contributed by atoms with Gasteiger partial charge in [0.15, 0.2) is 0 Å². The Morgan fingerprint density at radius 1 is 0.935 bits per heavy atom. The topological polar surface area (TPSA) is 80.2 Å². The zero-order valence-electron chi connectivity index (χ0n) is 17.3. The Morgan fingerprint density at radius 2 is 1.65 bits per heavy atom. The van der Waals surface area contributed by atoms with E-state index < -0.39 is 10.0 Å². The molecule has 1 aromatic heterocycles. The third-order valence-corrected chi connectivity index (χ3v) is 5.61. The Morgan fingerprint density at radius 3 is 2.39 bits per heavy atom. The monoisotopic (exact) mass is 433 g/mol. The number of hydrogen-bond donors (Lipinski definition) is 2. The molecule has 0 saturated carbocycles. The van der Waals surface area contributed by atoms with Gasteiger partial charge in [-0.25, -0.2) is 8.42 Å². The zero-order chi connectivity index (χ0) is 22.0. The molecule has 1 heterocycles. The van der Waals surface area contributed by atoms with Crippen molar-refractivity contribution in [2.75, 3.05) is 16.3 Å². The van der Waals surface area contributed by atoms with Gasteiger partial charge in [0.1, 0.15) is 5.69 Å². The minimum Gasteiger partial charge on any atom is -0.332 e. The summed E-state index contributed by atoms with van der Waals surface area (Å²) in [5, 5.41) is 3.88. The first-order valence-corrected chi connectivity index (χ1v) is 11.7. The lowest BCUT2D eigenvalue weighted by molar-refractivity contribution is 0.101. The van der Waals surface area contributed by atoms with E-state index in [9.17, 15) is 13.2 Å². The minimum absolute atomic E-state index is 0.263. The fraction of sp³-hybridized carbons (Fsp3) is 0.125. The summed E-state index contributed by atoms with van der Waals surface area (Å²) in [5.41, 5.74) is 4.31. The van der Waals surface area contributed by atoms with Gasteiger partial charge in [-0.1, -0.05) is 54.6 Å². The molecule has 0 saturated heterocycles. The molecule has 3 aromatic carbocycles. The van der Waals surface area contributed by atoms with Gasteiger partial charge in [-0.2, -0.15) is 0 Å². The lowest BCUT2D eigenvalue weighted by Crippen LogP contribution is -2.18. The molecule has 0 unspecified atom stereocenters. The number of hydrogen-bond acceptors (Lipinski definition) is 3. The molecule has 4 aromatic rings. The van der Waals surface area contributed by atoms with Crippen molar-refractivity contribution in [1.29, 1.82) is 0 Å². The molecule has 0 bridgehead atoms. The van der Waals surface area contributed by atoms with Crippen LogP contribution in [-0.2, 0) is 16.6 Å². The van der Waals surface area contributed by atoms with E-state index in [2.05, 4.69) is 10.0 Å². The van der Waals surface area contributed by atoms with Crippen LogP contribution in [0.1, 0.15) is 21.6 Å². The standard InChI is InChI=1S/C24H23N3O3S/c1-17-12-13-20(15-21(17)26-31(2,29)30)25-24(28)23-14-19-10-6-7-11-22(19)27(23)16-18-8-4-3-5-9-18/h3-15,26H,16H2,1-2H3,(H,25,28). The Bertz CT molecular complexity index is 1360. The summed E-state index contributed by atoms with van der Waals surface area (Å²) in [6, 6.07) is 24.9. The van der Waals surface area contributed by atoms with Gasteiger partial charge in [-0.3, -0.25) is 9.52 Å². The molecule has 0 aliphatic heterocycles. The number of rotatable bonds is 6. The first kappa shape index (κ1) is 20.7. The van der Waals surface area contributed by atoms with Gasteiger partial charge in [0.25, 0.3) is 5.91 Å². The Labute approximate surface area is 181 Å². The van der Waals surface area contributed by atoms with Gasteiger partial charge in [0.2, 0.25) is 10.0 Å². The lowest BCUT2D eigenvalue weighted by Gasteiger charge is -2.13. The van der Waals surface area contributed by atoms with Gasteiger partial charge in [-0.15, -0.1) is 0 Å². The smallest absolute Gasteiger partial charge is 0.272 e. The van der Waals surface area contributed by atoms with Crippen molar-refractivity contribution in [1.82, 2.24) is 4.57 Å². The van der Waals surface area contributed by atoms with E-state index in [0.717, 1.165) is 28.3 Å². The van der Waals surface area contributed by atoms with Crippen LogP contribution < -0.4 is 10.0 Å². The second-order valence-corrected chi connectivity index (χ2v) is 9.27. The number of carbonyl (C=O) groups is 1. The number of para-hydroxylation sites is 1. The van der Waals surface area contributed by atoms with Gasteiger partial charge in [-0.05, 0) is 42.3 Å². The number of carbonyl (C=O) groups excluding carboxylic acids is 1. The van der Waals surface area contributed by atoms with Crippen LogP contribution in [-0.4, -0.2) is 25.1 Å². The number of amides is 1. The number of aryl methyl sites for hydroxylation is 1. The Hall–Kier alpha value is -3.58. The maximum atomic E-state index is 13.2. The van der Waals surface area contributed by atoms with Crippen LogP contribution in [0.3, 0.4) is 0 Å². The third-order valence-electron chi connectivity index (χ3n) is 5.02. The molecular weight excluding hydrogens is 410 g/mol. The summed E-state index contributed by atoms with van der Waals surface area (Å²) in [6.45, 7) is 2.36. The number of fused-ring (bicyclic) bond motifs is 1. The fourth-order valence-electron chi connectivity index (χ4n) is 3.54. The van der Waals surface area contributed by atoms with Gasteiger partial charge >= 0.3 is 0 Å². The average molecular weight is 434 g/mol. The van der Waals surface area contributed by atoms with E-state index in [1.807, 2.05) is 65.2 Å². The summed E-state index contributed by atoms with van der Waals surface area (Å²) < 4.78 is 27.7. The number of benzene rings is 3. The molecule has 31 heavy (non-hydrogen) atoms. The summed E-state index contributed by atoms with van der Waals surface area (Å²) in [5.74, 6) is -0.263. The van der Waals surface area contributed by atoms with Crippen LogP contribution >= 0.6 is 0 Å². The highest BCUT2D eigenvalue weighted by atomic mass is 32.2. The molecule has 0 fully saturated rings. The quantitative estimate of drug-likeness (QED) is 0.466. The molecule has 4 rings (SSSR count). The number of nitrogens with zero attached hydrogens (tertiary/aromatic N) is 1. The van der Waals surface area contributed by atoms with Crippen LogP contribution in [0.5, 0.6) is 0 Å². The maximum absolute atomic E-state index is 13.2. The summed E-state index contributed by atoms with van der Waals surface area (Å²) in [4.78, 5) is 13.2. The molecule has 6 nitrogen and oxygen atoms in total. The van der Waals surface area contributed by atoms with Crippen molar-refractivity contribution >= 4 is 38.2 Å². The van der Waals surface area contributed by atoms with E-state index >= 15 is 0 Å². The van der Waals surface area contributed by atoms with Crippen LogP contribution in [0, 0.1) is 6.92 Å². The third kappa shape index (κ3) is 4.78. The highest BCUT2D eigenvalue weighted by molar-refractivity contribution is 7.92. The van der Waals surface area contributed by atoms with Crippen molar-refractivity contribution in [3.8, 4) is 0 Å². The zero-order valence-corrected chi connectivity index (χ0v) is 18.1. The predicted octanol–water partition coefficient (Wildman–Crippen LogP) is 4.62. The molecule has 1 amide bonds. The summed E-state index contributed by atoms with van der Waals surface area (Å²) in [7, 11) is -3.42. The molecule has 158 valence electrons. The summed E-state index contributed by atoms with van der Waals surface area (Å²) >= 11 is 0. The number of anilines is 2. The maximum Gasteiger partial charge on any atom is 0.272 e. The summed E-state index contributed by atoms with van der Waals surface area (Å²) in [6.07, 6.45) is 1.10. The van der Waals surface area contributed by atoms with Gasteiger partial charge < -0.3 is 9.88 Å². The second kappa shape index (κ2) is 8.28. The van der Waals surface area contributed by atoms with E-state index in [0.29, 0.717) is 23.6 Å². The highest BCUT2D eigenvalue weighted by Gasteiger charge is 2.17. The van der Waals surface area contributed by atoms with E-state index in [-0.39, 0.29) is 5.91 Å². The van der Waals surface area contributed by atoms with Gasteiger partial charge in [0, 0.05) is 23.1 Å². The number of nitrogens with one attached hydrogen (secondary N) is 2. The molecule has 0 atom stereocenters. The second-order valence-electron chi connectivity index (χ2n) is 7.52. The van der Waals surface area contributed by atoms with E-state index in [1.165, 1.54) is 0 Å².